The van der Waals surface area contributed by atoms with E-state index in [1.165, 1.54) is 6.07 Å². The van der Waals surface area contributed by atoms with Crippen molar-refractivity contribution in [2.24, 2.45) is 0 Å². The normalized spacial score (nSPS) is 12.5. The topological polar surface area (TPSA) is 12.0 Å². The second kappa shape index (κ2) is 6.86. The van der Waals surface area contributed by atoms with Gasteiger partial charge in [0.15, 0.2) is 0 Å². The molecule has 5 heteroatoms. The molecule has 0 aliphatic carbocycles. The van der Waals surface area contributed by atoms with Crippen molar-refractivity contribution in [3.63, 3.8) is 0 Å². The molecular weight excluding hydrogens is 360 g/mol. The minimum Gasteiger partial charge on any atom is -0.306 e. The molecule has 0 saturated carbocycles. The molecule has 0 saturated heterocycles. The fourth-order valence-corrected chi connectivity index (χ4v) is 2.86. The van der Waals surface area contributed by atoms with Crippen molar-refractivity contribution < 1.29 is 8.78 Å². The molecule has 2 aromatic rings. The van der Waals surface area contributed by atoms with Gasteiger partial charge in [0.05, 0.1) is 10.5 Å². The summed E-state index contributed by atoms with van der Waals surface area (Å²) in [6, 6.07) is 7.36. The molecule has 2 rings (SSSR count). The standard InChI is InChI=1S/C16H15BrClF2N/c1-3-21-16(11-5-4-10(18)6-9(11)2)12-7-15(20)13(17)8-14(12)19/h4-8,16,21H,3H2,1-2H3. The molecule has 0 bridgehead atoms. The predicted octanol–water partition coefficient (Wildman–Crippen LogP) is 5.39. The van der Waals surface area contributed by atoms with Gasteiger partial charge in [-0.15, -0.1) is 0 Å². The lowest BCUT2D eigenvalue weighted by Crippen LogP contribution is -2.24. The lowest BCUT2D eigenvalue weighted by molar-refractivity contribution is 0.541. The maximum absolute atomic E-state index is 14.2. The van der Waals surface area contributed by atoms with Crippen molar-refractivity contribution >= 4 is 27.5 Å². The first-order valence-corrected chi connectivity index (χ1v) is 7.75. The summed E-state index contributed by atoms with van der Waals surface area (Å²) in [7, 11) is 0. The molecule has 0 spiro atoms. The molecule has 0 aromatic heterocycles. The summed E-state index contributed by atoms with van der Waals surface area (Å²) >= 11 is 8.96. The van der Waals surface area contributed by atoms with Crippen molar-refractivity contribution in [3.8, 4) is 0 Å². The lowest BCUT2D eigenvalue weighted by Gasteiger charge is -2.22. The van der Waals surface area contributed by atoms with Crippen LogP contribution < -0.4 is 5.32 Å². The van der Waals surface area contributed by atoms with Crippen LogP contribution in [0, 0.1) is 18.6 Å². The quantitative estimate of drug-likeness (QED) is 0.708. The highest BCUT2D eigenvalue weighted by atomic mass is 79.9. The molecule has 2 aromatic carbocycles. The first-order chi connectivity index (χ1) is 9.93. The molecule has 0 heterocycles. The molecule has 1 N–H and O–H groups in total. The molecule has 1 unspecified atom stereocenters. The number of rotatable bonds is 4. The van der Waals surface area contributed by atoms with Gasteiger partial charge in [-0.05, 0) is 64.8 Å². The van der Waals surface area contributed by atoms with Crippen LogP contribution in [-0.4, -0.2) is 6.54 Å². The van der Waals surface area contributed by atoms with E-state index in [1.54, 1.807) is 6.07 Å². The van der Waals surface area contributed by atoms with Gasteiger partial charge in [-0.1, -0.05) is 24.6 Å². The van der Waals surface area contributed by atoms with Gasteiger partial charge in [0.2, 0.25) is 0 Å². The molecule has 0 fully saturated rings. The van der Waals surface area contributed by atoms with Crippen LogP contribution >= 0.6 is 27.5 Å². The van der Waals surface area contributed by atoms with Crippen LogP contribution in [0.3, 0.4) is 0 Å². The first-order valence-electron chi connectivity index (χ1n) is 6.58. The van der Waals surface area contributed by atoms with Crippen molar-refractivity contribution in [1.82, 2.24) is 5.32 Å². The van der Waals surface area contributed by atoms with Gasteiger partial charge >= 0.3 is 0 Å². The van der Waals surface area contributed by atoms with Gasteiger partial charge in [0.1, 0.15) is 11.6 Å². The Balaban J connectivity index is 2.55. The van der Waals surface area contributed by atoms with E-state index in [9.17, 15) is 8.78 Å². The molecule has 0 radical (unpaired) electrons. The number of aryl methyl sites for hydroxylation is 1. The highest BCUT2D eigenvalue weighted by Crippen LogP contribution is 2.31. The minimum absolute atomic E-state index is 0.117. The van der Waals surface area contributed by atoms with Gasteiger partial charge in [-0.25, -0.2) is 8.78 Å². The van der Waals surface area contributed by atoms with Crippen LogP contribution in [0.4, 0.5) is 8.78 Å². The molecule has 1 nitrogen and oxygen atoms in total. The second-order valence-electron chi connectivity index (χ2n) is 4.78. The molecule has 112 valence electrons. The third-order valence-electron chi connectivity index (χ3n) is 3.30. The van der Waals surface area contributed by atoms with E-state index >= 15 is 0 Å². The molecular formula is C16H15BrClF2N. The Kier molecular flexibility index (Phi) is 5.36. The van der Waals surface area contributed by atoms with Gasteiger partial charge in [0.25, 0.3) is 0 Å². The monoisotopic (exact) mass is 373 g/mol. The Hall–Kier alpha value is -0.970. The van der Waals surface area contributed by atoms with Gasteiger partial charge in [-0.2, -0.15) is 0 Å². The number of hydrogen-bond donors (Lipinski definition) is 1. The predicted molar refractivity (Wildman–Crippen MR) is 85.8 cm³/mol. The van der Waals surface area contributed by atoms with Gasteiger partial charge in [0, 0.05) is 10.6 Å². The largest absolute Gasteiger partial charge is 0.306 e. The van der Waals surface area contributed by atoms with E-state index in [1.807, 2.05) is 26.0 Å². The lowest BCUT2D eigenvalue weighted by atomic mass is 9.94. The maximum atomic E-state index is 14.2. The number of nitrogens with one attached hydrogen (secondary N) is 1. The number of halogens is 4. The van der Waals surface area contributed by atoms with Crippen LogP contribution in [0.1, 0.15) is 29.7 Å². The molecule has 1 atom stereocenters. The number of benzene rings is 2. The summed E-state index contributed by atoms with van der Waals surface area (Å²) in [6.45, 7) is 4.45. The second-order valence-corrected chi connectivity index (χ2v) is 6.07. The summed E-state index contributed by atoms with van der Waals surface area (Å²) in [5.74, 6) is -0.940. The highest BCUT2D eigenvalue weighted by molar-refractivity contribution is 9.10. The average Bonchev–Trinajstić information content (AvgIpc) is 2.41. The van der Waals surface area contributed by atoms with E-state index in [0.717, 1.165) is 17.2 Å². The fourth-order valence-electron chi connectivity index (χ4n) is 2.31. The van der Waals surface area contributed by atoms with E-state index in [2.05, 4.69) is 21.2 Å². The van der Waals surface area contributed by atoms with Gasteiger partial charge < -0.3 is 5.32 Å². The zero-order valence-electron chi connectivity index (χ0n) is 11.7. The average molecular weight is 375 g/mol. The molecule has 21 heavy (non-hydrogen) atoms. The Morgan fingerprint density at radius 2 is 1.86 bits per heavy atom. The van der Waals surface area contributed by atoms with Crippen molar-refractivity contribution in [1.29, 1.82) is 0 Å². The summed E-state index contributed by atoms with van der Waals surface area (Å²) in [5, 5.41) is 3.82. The van der Waals surface area contributed by atoms with Crippen LogP contribution in [0.25, 0.3) is 0 Å². The third-order valence-corrected chi connectivity index (χ3v) is 4.14. The third kappa shape index (κ3) is 3.62. The first kappa shape index (κ1) is 16.4. The zero-order chi connectivity index (χ0) is 15.6. The smallest absolute Gasteiger partial charge is 0.137 e. The fraction of sp³-hybridized carbons (Fsp3) is 0.250. The van der Waals surface area contributed by atoms with Crippen LogP contribution in [0.5, 0.6) is 0 Å². The van der Waals surface area contributed by atoms with Crippen LogP contribution in [0.2, 0.25) is 5.02 Å². The van der Waals surface area contributed by atoms with Crippen molar-refractivity contribution in [2.75, 3.05) is 6.54 Å². The Bertz CT molecular complexity index is 661. The SMILES string of the molecule is CCNC(c1ccc(Cl)cc1C)c1cc(F)c(Br)cc1F. The minimum atomic E-state index is -0.485. The Morgan fingerprint density at radius 1 is 1.14 bits per heavy atom. The van der Waals surface area contributed by atoms with Crippen molar-refractivity contribution in [3.05, 3.63) is 68.2 Å². The highest BCUT2D eigenvalue weighted by Gasteiger charge is 2.20. The summed E-state index contributed by atoms with van der Waals surface area (Å²) < 4.78 is 28.1. The van der Waals surface area contributed by atoms with Crippen molar-refractivity contribution in [2.45, 2.75) is 19.9 Å². The van der Waals surface area contributed by atoms with Gasteiger partial charge in [-0.3, -0.25) is 0 Å². The van der Waals surface area contributed by atoms with E-state index in [0.29, 0.717) is 11.6 Å². The molecule has 0 aliphatic rings. The van der Waals surface area contributed by atoms with E-state index in [4.69, 9.17) is 11.6 Å². The summed E-state index contributed by atoms with van der Waals surface area (Å²) in [5.41, 5.74) is 2.08. The zero-order valence-corrected chi connectivity index (χ0v) is 14.0. The Morgan fingerprint density at radius 3 is 2.48 bits per heavy atom. The molecule has 0 aliphatic heterocycles. The van der Waals surface area contributed by atoms with E-state index in [-0.39, 0.29) is 10.0 Å². The maximum Gasteiger partial charge on any atom is 0.137 e. The van der Waals surface area contributed by atoms with Crippen LogP contribution in [0.15, 0.2) is 34.8 Å². The van der Waals surface area contributed by atoms with E-state index < -0.39 is 17.7 Å². The van der Waals surface area contributed by atoms with Crippen LogP contribution in [-0.2, 0) is 0 Å². The molecule has 0 amide bonds. The number of hydrogen-bond acceptors (Lipinski definition) is 1. The summed E-state index contributed by atoms with van der Waals surface area (Å²) in [6.07, 6.45) is 0. The summed E-state index contributed by atoms with van der Waals surface area (Å²) in [4.78, 5) is 0. The Labute approximate surface area is 136 Å².